The van der Waals surface area contributed by atoms with Gasteiger partial charge in [-0.15, -0.1) is 0 Å². The molecular weight excluding hydrogens is 216 g/mol. The molecule has 0 aliphatic rings. The van der Waals surface area contributed by atoms with Gasteiger partial charge in [0.25, 0.3) is 0 Å². The molecule has 0 saturated carbocycles. The van der Waals surface area contributed by atoms with E-state index in [9.17, 15) is 4.79 Å². The maximum Gasteiger partial charge on any atom is 0.320 e. The van der Waals surface area contributed by atoms with Gasteiger partial charge in [0.2, 0.25) is 0 Å². The Morgan fingerprint density at radius 2 is 1.76 bits per heavy atom. The van der Waals surface area contributed by atoms with Crippen molar-refractivity contribution in [2.24, 2.45) is 5.73 Å². The lowest BCUT2D eigenvalue weighted by Crippen LogP contribution is -2.32. The van der Waals surface area contributed by atoms with Crippen LogP contribution < -0.4 is 5.73 Å². The van der Waals surface area contributed by atoms with E-state index < -0.39 is 12.0 Å². The van der Waals surface area contributed by atoms with Crippen LogP contribution in [0.5, 0.6) is 0 Å². The highest BCUT2D eigenvalue weighted by atomic mass is 16.4. The average Bonchev–Trinajstić information content (AvgIpc) is 2.89. The van der Waals surface area contributed by atoms with E-state index in [1.165, 1.54) is 0 Å². The van der Waals surface area contributed by atoms with Crippen LogP contribution in [0.2, 0.25) is 0 Å². The molecule has 4 nitrogen and oxygen atoms in total. The molecule has 1 aromatic heterocycles. The van der Waals surface area contributed by atoms with Crippen molar-refractivity contribution < 1.29 is 9.90 Å². The number of nitrogens with one attached hydrogen (secondary N) is 1. The van der Waals surface area contributed by atoms with E-state index in [4.69, 9.17) is 10.8 Å². The molecule has 0 radical (unpaired) electrons. The van der Waals surface area contributed by atoms with Crippen LogP contribution in [0.15, 0.2) is 54.9 Å². The molecule has 0 amide bonds. The van der Waals surface area contributed by atoms with Gasteiger partial charge in [0.15, 0.2) is 0 Å². The molecule has 0 aliphatic carbocycles. The quantitative estimate of drug-likeness (QED) is 0.753. The Kier molecular flexibility index (Phi) is 5.54. The first kappa shape index (κ1) is 13.0. The molecule has 0 spiro atoms. The molecule has 1 heterocycles. The second-order valence-electron chi connectivity index (χ2n) is 3.52. The number of hydrogen-bond acceptors (Lipinski definition) is 2. The first-order valence-corrected chi connectivity index (χ1v) is 5.30. The van der Waals surface area contributed by atoms with E-state index in [1.807, 2.05) is 54.9 Å². The number of H-pyrrole nitrogens is 1. The van der Waals surface area contributed by atoms with E-state index in [2.05, 4.69) is 4.98 Å². The van der Waals surface area contributed by atoms with Crippen molar-refractivity contribution in [2.45, 2.75) is 12.5 Å². The second-order valence-corrected chi connectivity index (χ2v) is 3.52. The Morgan fingerprint density at radius 1 is 1.18 bits per heavy atom. The number of aromatic nitrogens is 1. The average molecular weight is 232 g/mol. The van der Waals surface area contributed by atoms with E-state index in [0.29, 0.717) is 6.42 Å². The lowest BCUT2D eigenvalue weighted by atomic mass is 10.1. The van der Waals surface area contributed by atoms with Crippen LogP contribution in [0.4, 0.5) is 0 Å². The SMILES string of the molecule is NC(Cc1ccccc1)C(=O)O.c1cc[nH]c1. The van der Waals surface area contributed by atoms with Gasteiger partial charge in [0, 0.05) is 12.4 Å². The van der Waals surface area contributed by atoms with Crippen LogP contribution in [0.25, 0.3) is 0 Å². The van der Waals surface area contributed by atoms with Crippen LogP contribution in [0.1, 0.15) is 5.56 Å². The zero-order valence-electron chi connectivity index (χ0n) is 9.41. The summed E-state index contributed by atoms with van der Waals surface area (Å²) in [5.74, 6) is -0.959. The van der Waals surface area contributed by atoms with E-state index in [1.54, 1.807) is 0 Å². The number of nitrogens with two attached hydrogens (primary N) is 1. The number of carbonyl (C=O) groups is 1. The highest BCUT2D eigenvalue weighted by molar-refractivity contribution is 5.73. The summed E-state index contributed by atoms with van der Waals surface area (Å²) in [6.45, 7) is 0. The molecule has 1 aromatic carbocycles. The molecule has 0 fully saturated rings. The van der Waals surface area contributed by atoms with Crippen LogP contribution in [-0.2, 0) is 11.2 Å². The number of rotatable bonds is 3. The summed E-state index contributed by atoms with van der Waals surface area (Å²) in [6, 6.07) is 12.4. The summed E-state index contributed by atoms with van der Waals surface area (Å²) < 4.78 is 0. The molecule has 0 bridgehead atoms. The molecule has 4 heteroatoms. The van der Waals surface area contributed by atoms with Gasteiger partial charge < -0.3 is 15.8 Å². The molecule has 90 valence electrons. The van der Waals surface area contributed by atoms with Gasteiger partial charge in [-0.1, -0.05) is 30.3 Å². The third-order valence-electron chi connectivity index (χ3n) is 2.11. The largest absolute Gasteiger partial charge is 0.480 e. The topological polar surface area (TPSA) is 79.1 Å². The van der Waals surface area contributed by atoms with Crippen LogP contribution in [-0.4, -0.2) is 22.1 Å². The van der Waals surface area contributed by atoms with Gasteiger partial charge >= 0.3 is 5.97 Å². The molecule has 2 rings (SSSR count). The third-order valence-corrected chi connectivity index (χ3v) is 2.11. The number of carboxylic acids is 1. The van der Waals surface area contributed by atoms with Crippen molar-refractivity contribution in [3.05, 3.63) is 60.4 Å². The fourth-order valence-corrected chi connectivity index (χ4v) is 1.23. The minimum Gasteiger partial charge on any atom is -0.480 e. The fraction of sp³-hybridized carbons (Fsp3) is 0.154. The summed E-state index contributed by atoms with van der Waals surface area (Å²) in [6.07, 6.45) is 4.14. The Hall–Kier alpha value is -2.07. The second kappa shape index (κ2) is 7.24. The Balaban J connectivity index is 0.000000239. The molecule has 4 N–H and O–H groups in total. The van der Waals surface area contributed by atoms with Gasteiger partial charge in [-0.25, -0.2) is 0 Å². The minimum atomic E-state index is -0.959. The molecule has 1 atom stereocenters. The smallest absolute Gasteiger partial charge is 0.320 e. The summed E-state index contributed by atoms with van der Waals surface area (Å²) in [5, 5.41) is 8.52. The van der Waals surface area contributed by atoms with Gasteiger partial charge in [-0.3, -0.25) is 4.79 Å². The van der Waals surface area contributed by atoms with E-state index in [-0.39, 0.29) is 0 Å². The van der Waals surface area contributed by atoms with Crippen molar-refractivity contribution in [2.75, 3.05) is 0 Å². The molecule has 0 aliphatic heterocycles. The zero-order valence-corrected chi connectivity index (χ0v) is 9.41. The first-order chi connectivity index (χ1) is 8.20. The van der Waals surface area contributed by atoms with Gasteiger partial charge in [-0.05, 0) is 24.1 Å². The van der Waals surface area contributed by atoms with E-state index in [0.717, 1.165) is 5.56 Å². The molecule has 0 saturated heterocycles. The third kappa shape index (κ3) is 5.53. The maximum atomic E-state index is 10.4. The Labute approximate surface area is 100 Å². The fourth-order valence-electron chi connectivity index (χ4n) is 1.23. The highest BCUT2D eigenvalue weighted by Gasteiger charge is 2.10. The number of benzene rings is 1. The van der Waals surface area contributed by atoms with Crippen molar-refractivity contribution >= 4 is 5.97 Å². The van der Waals surface area contributed by atoms with Gasteiger partial charge in [-0.2, -0.15) is 0 Å². The van der Waals surface area contributed by atoms with Crippen molar-refractivity contribution in [1.29, 1.82) is 0 Å². The zero-order chi connectivity index (χ0) is 12.5. The molecule has 2 aromatic rings. The minimum absolute atomic E-state index is 0.385. The predicted octanol–water partition coefficient (Wildman–Crippen LogP) is 1.66. The predicted molar refractivity (Wildman–Crippen MR) is 66.5 cm³/mol. The lowest BCUT2D eigenvalue weighted by Gasteiger charge is -2.04. The summed E-state index contributed by atoms with van der Waals surface area (Å²) in [4.78, 5) is 13.2. The summed E-state index contributed by atoms with van der Waals surface area (Å²) in [5.41, 5.74) is 6.30. The summed E-state index contributed by atoms with van der Waals surface area (Å²) in [7, 11) is 0. The van der Waals surface area contributed by atoms with Crippen LogP contribution in [0.3, 0.4) is 0 Å². The van der Waals surface area contributed by atoms with Gasteiger partial charge in [0.05, 0.1) is 0 Å². The lowest BCUT2D eigenvalue weighted by molar-refractivity contribution is -0.138. The Bertz CT molecular complexity index is 395. The number of aliphatic carboxylic acids is 1. The first-order valence-electron chi connectivity index (χ1n) is 5.30. The maximum absolute atomic E-state index is 10.4. The van der Waals surface area contributed by atoms with Gasteiger partial charge in [0.1, 0.15) is 6.04 Å². The standard InChI is InChI=1S/C9H11NO2.C4H5N/c10-8(9(11)12)6-7-4-2-1-3-5-7;1-2-4-5-3-1/h1-5,8H,6,10H2,(H,11,12);1-5H. The van der Waals surface area contributed by atoms with Crippen LogP contribution in [0, 0.1) is 0 Å². The van der Waals surface area contributed by atoms with Crippen molar-refractivity contribution in [3.63, 3.8) is 0 Å². The molecule has 1 unspecified atom stereocenters. The summed E-state index contributed by atoms with van der Waals surface area (Å²) >= 11 is 0. The number of aromatic amines is 1. The van der Waals surface area contributed by atoms with Crippen molar-refractivity contribution in [3.8, 4) is 0 Å². The van der Waals surface area contributed by atoms with Crippen LogP contribution >= 0.6 is 0 Å². The monoisotopic (exact) mass is 232 g/mol. The molecular formula is C13H16N2O2. The number of hydrogen-bond donors (Lipinski definition) is 3. The highest BCUT2D eigenvalue weighted by Crippen LogP contribution is 2.01. The normalized spacial score (nSPS) is 11.1. The Morgan fingerprint density at radius 3 is 2.18 bits per heavy atom. The van der Waals surface area contributed by atoms with Crippen molar-refractivity contribution in [1.82, 2.24) is 4.98 Å². The number of carboxylic acid groups (broad SMARTS) is 1. The van der Waals surface area contributed by atoms with E-state index >= 15 is 0 Å². The molecule has 17 heavy (non-hydrogen) atoms.